The lowest BCUT2D eigenvalue weighted by molar-refractivity contribution is -0.121. The molecule has 1 amide bonds. The second-order valence-corrected chi connectivity index (χ2v) is 4.60. The zero-order valence-electron chi connectivity index (χ0n) is 10.8. The van der Waals surface area contributed by atoms with Gasteiger partial charge < -0.3 is 5.32 Å². The number of rotatable bonds is 5. The van der Waals surface area contributed by atoms with E-state index in [0.29, 0.717) is 18.0 Å². The molecule has 0 atom stereocenters. The van der Waals surface area contributed by atoms with Crippen LogP contribution in [0.4, 0.5) is 0 Å². The molecule has 0 unspecified atom stereocenters. The average Bonchev–Trinajstić information content (AvgIpc) is 2.48. The van der Waals surface area contributed by atoms with Crippen LogP contribution in [-0.2, 0) is 11.3 Å². The first-order valence-corrected chi connectivity index (χ1v) is 6.85. The van der Waals surface area contributed by atoms with E-state index in [2.05, 4.69) is 23.0 Å². The molecule has 0 spiro atoms. The van der Waals surface area contributed by atoms with Crippen molar-refractivity contribution >= 4 is 18.5 Å². The van der Waals surface area contributed by atoms with E-state index in [9.17, 15) is 9.59 Å². The van der Waals surface area contributed by atoms with Gasteiger partial charge in [0.05, 0.1) is 5.69 Å². The highest BCUT2D eigenvalue weighted by atomic mass is 32.1. The molecule has 0 aliphatic rings. The van der Waals surface area contributed by atoms with Gasteiger partial charge >= 0.3 is 0 Å². The van der Waals surface area contributed by atoms with Crippen LogP contribution in [-0.4, -0.2) is 28.0 Å². The fourth-order valence-corrected chi connectivity index (χ4v) is 1.82. The first-order chi connectivity index (χ1) is 9.70. The zero-order chi connectivity index (χ0) is 14.4. The molecule has 1 aromatic heterocycles. The first kappa shape index (κ1) is 14.3. The number of thiol groups is 1. The summed E-state index contributed by atoms with van der Waals surface area (Å²) < 4.78 is 1.16. The highest BCUT2D eigenvalue weighted by Crippen LogP contribution is 2.13. The Hall–Kier alpha value is -2.08. The summed E-state index contributed by atoms with van der Waals surface area (Å²) in [4.78, 5) is 23.3. The molecule has 20 heavy (non-hydrogen) atoms. The van der Waals surface area contributed by atoms with Crippen LogP contribution in [0.1, 0.15) is 0 Å². The molecule has 1 aromatic carbocycles. The summed E-state index contributed by atoms with van der Waals surface area (Å²) in [6.45, 7) is 0.377. The van der Waals surface area contributed by atoms with Crippen molar-refractivity contribution in [2.24, 2.45) is 0 Å². The monoisotopic (exact) mass is 289 g/mol. The van der Waals surface area contributed by atoms with Crippen LogP contribution in [0.25, 0.3) is 11.3 Å². The number of hydrogen-bond donors (Lipinski definition) is 2. The van der Waals surface area contributed by atoms with Crippen LogP contribution in [0.3, 0.4) is 0 Å². The first-order valence-electron chi connectivity index (χ1n) is 6.22. The van der Waals surface area contributed by atoms with E-state index >= 15 is 0 Å². The number of benzene rings is 1. The van der Waals surface area contributed by atoms with Gasteiger partial charge in [0.2, 0.25) is 5.91 Å². The van der Waals surface area contributed by atoms with Crippen LogP contribution in [0.15, 0.2) is 47.3 Å². The van der Waals surface area contributed by atoms with E-state index in [0.717, 1.165) is 10.2 Å². The van der Waals surface area contributed by atoms with E-state index in [1.165, 1.54) is 6.07 Å². The predicted octanol–water partition coefficient (Wildman–Crippen LogP) is 0.956. The van der Waals surface area contributed by atoms with E-state index in [4.69, 9.17) is 0 Å². The quantitative estimate of drug-likeness (QED) is 0.806. The number of carbonyl (C=O) groups excluding carboxylic acids is 1. The summed E-state index contributed by atoms with van der Waals surface area (Å²) in [6, 6.07) is 12.6. The van der Waals surface area contributed by atoms with Crippen LogP contribution in [0.2, 0.25) is 0 Å². The Bertz CT molecular complexity index is 640. The average molecular weight is 289 g/mol. The van der Waals surface area contributed by atoms with Gasteiger partial charge in [-0.15, -0.1) is 0 Å². The standard InChI is InChI=1S/C14H15N3O2S/c18-13(15-8-9-20)10-17-14(19)7-6-12(16-17)11-4-2-1-3-5-11/h1-7,20H,8-10H2,(H,15,18). The molecular weight excluding hydrogens is 274 g/mol. The predicted molar refractivity (Wildman–Crippen MR) is 80.8 cm³/mol. The summed E-state index contributed by atoms with van der Waals surface area (Å²) in [5.74, 6) is 0.303. The lowest BCUT2D eigenvalue weighted by Crippen LogP contribution is -2.34. The zero-order valence-corrected chi connectivity index (χ0v) is 11.7. The number of amides is 1. The number of aromatic nitrogens is 2. The van der Waals surface area contributed by atoms with Gasteiger partial charge in [-0.05, 0) is 6.07 Å². The maximum atomic E-state index is 11.7. The van der Waals surface area contributed by atoms with Crippen LogP contribution in [0, 0.1) is 0 Å². The third kappa shape index (κ3) is 3.71. The Balaban J connectivity index is 2.21. The molecule has 6 heteroatoms. The Labute approximate surface area is 122 Å². The van der Waals surface area contributed by atoms with Crippen molar-refractivity contribution in [3.8, 4) is 11.3 Å². The van der Waals surface area contributed by atoms with Gasteiger partial charge in [0, 0.05) is 23.9 Å². The fraction of sp³-hybridized carbons (Fsp3) is 0.214. The third-order valence-corrected chi connectivity index (χ3v) is 2.89. The van der Waals surface area contributed by atoms with Crippen LogP contribution >= 0.6 is 12.6 Å². The van der Waals surface area contributed by atoms with Crippen molar-refractivity contribution < 1.29 is 4.79 Å². The Morgan fingerprint density at radius 1 is 1.20 bits per heavy atom. The van der Waals surface area contributed by atoms with Gasteiger partial charge in [-0.25, -0.2) is 4.68 Å². The Kier molecular flexibility index (Phi) is 4.95. The number of nitrogens with one attached hydrogen (secondary N) is 1. The second-order valence-electron chi connectivity index (χ2n) is 4.15. The topological polar surface area (TPSA) is 64.0 Å². The van der Waals surface area contributed by atoms with E-state index in [1.54, 1.807) is 6.07 Å². The number of carbonyl (C=O) groups is 1. The molecular formula is C14H15N3O2S. The second kappa shape index (κ2) is 6.91. The minimum atomic E-state index is -0.300. The molecule has 0 radical (unpaired) electrons. The van der Waals surface area contributed by atoms with Gasteiger partial charge in [0.1, 0.15) is 6.54 Å². The largest absolute Gasteiger partial charge is 0.354 e. The number of nitrogens with zero attached hydrogens (tertiary/aromatic N) is 2. The summed E-state index contributed by atoms with van der Waals surface area (Å²) in [5.41, 5.74) is 1.26. The van der Waals surface area contributed by atoms with Crippen molar-refractivity contribution in [3.63, 3.8) is 0 Å². The summed E-state index contributed by atoms with van der Waals surface area (Å²) in [5, 5.41) is 6.87. The summed E-state index contributed by atoms with van der Waals surface area (Å²) in [6.07, 6.45) is 0. The van der Waals surface area contributed by atoms with Gasteiger partial charge in [-0.3, -0.25) is 9.59 Å². The molecule has 0 bridgehead atoms. The van der Waals surface area contributed by atoms with Crippen molar-refractivity contribution in [3.05, 3.63) is 52.8 Å². The summed E-state index contributed by atoms with van der Waals surface area (Å²) >= 11 is 4.01. The van der Waals surface area contributed by atoms with E-state index < -0.39 is 0 Å². The van der Waals surface area contributed by atoms with Gasteiger partial charge in [0.15, 0.2) is 0 Å². The molecule has 0 aliphatic carbocycles. The molecule has 1 heterocycles. The Morgan fingerprint density at radius 3 is 2.65 bits per heavy atom. The SMILES string of the molecule is O=C(Cn1nc(-c2ccccc2)ccc1=O)NCCS. The Morgan fingerprint density at radius 2 is 1.95 bits per heavy atom. The van der Waals surface area contributed by atoms with Crippen molar-refractivity contribution in [2.45, 2.75) is 6.54 Å². The molecule has 1 N–H and O–H groups in total. The molecule has 0 saturated heterocycles. The molecule has 2 rings (SSSR count). The summed E-state index contributed by atoms with van der Waals surface area (Å²) in [7, 11) is 0. The van der Waals surface area contributed by atoms with E-state index in [1.807, 2.05) is 30.3 Å². The maximum Gasteiger partial charge on any atom is 0.267 e. The molecule has 0 fully saturated rings. The molecule has 0 aliphatic heterocycles. The normalized spacial score (nSPS) is 10.2. The number of hydrogen-bond acceptors (Lipinski definition) is 4. The minimum Gasteiger partial charge on any atom is -0.354 e. The van der Waals surface area contributed by atoms with Gasteiger partial charge in [0.25, 0.3) is 5.56 Å². The van der Waals surface area contributed by atoms with Gasteiger partial charge in [-0.1, -0.05) is 30.3 Å². The molecule has 0 saturated carbocycles. The molecule has 2 aromatic rings. The van der Waals surface area contributed by atoms with Crippen LogP contribution < -0.4 is 10.9 Å². The van der Waals surface area contributed by atoms with E-state index in [-0.39, 0.29) is 18.0 Å². The van der Waals surface area contributed by atoms with Crippen molar-refractivity contribution in [2.75, 3.05) is 12.3 Å². The van der Waals surface area contributed by atoms with Gasteiger partial charge in [-0.2, -0.15) is 17.7 Å². The molecule has 104 valence electrons. The highest BCUT2D eigenvalue weighted by molar-refractivity contribution is 7.80. The smallest absolute Gasteiger partial charge is 0.267 e. The molecule has 5 nitrogen and oxygen atoms in total. The fourth-order valence-electron chi connectivity index (χ4n) is 1.71. The van der Waals surface area contributed by atoms with Crippen molar-refractivity contribution in [1.82, 2.24) is 15.1 Å². The lowest BCUT2D eigenvalue weighted by atomic mass is 10.1. The lowest BCUT2D eigenvalue weighted by Gasteiger charge is -2.07. The van der Waals surface area contributed by atoms with Crippen LogP contribution in [0.5, 0.6) is 0 Å². The third-order valence-electron chi connectivity index (χ3n) is 2.66. The van der Waals surface area contributed by atoms with Crippen molar-refractivity contribution in [1.29, 1.82) is 0 Å². The highest BCUT2D eigenvalue weighted by Gasteiger charge is 2.07. The maximum absolute atomic E-state index is 11.7. The minimum absolute atomic E-state index is 0.0900.